The highest BCUT2D eigenvalue weighted by Crippen LogP contribution is 2.16. The van der Waals surface area contributed by atoms with E-state index in [1.54, 1.807) is 0 Å². The van der Waals surface area contributed by atoms with Gasteiger partial charge >= 0.3 is 0 Å². The molecule has 1 aromatic rings. The summed E-state index contributed by atoms with van der Waals surface area (Å²) < 4.78 is 0. The maximum Gasteiger partial charge on any atom is 0.219 e. The van der Waals surface area contributed by atoms with Crippen LogP contribution in [0.15, 0.2) is 24.3 Å². The number of rotatable bonds is 5. The van der Waals surface area contributed by atoms with Crippen LogP contribution in [0.3, 0.4) is 0 Å². The van der Waals surface area contributed by atoms with Gasteiger partial charge in [0.05, 0.1) is 0 Å². The van der Waals surface area contributed by atoms with Crippen LogP contribution in [0.4, 0.5) is 5.69 Å². The third-order valence-corrected chi connectivity index (χ3v) is 2.31. The SMILES string of the molecule is CCc1ccccc1NC(C)CC(N)=O. The smallest absolute Gasteiger partial charge is 0.219 e. The van der Waals surface area contributed by atoms with Crippen LogP contribution >= 0.6 is 0 Å². The van der Waals surface area contributed by atoms with Crippen molar-refractivity contribution in [2.24, 2.45) is 5.73 Å². The number of carbonyl (C=O) groups is 1. The Labute approximate surface area is 90.7 Å². The highest BCUT2D eigenvalue weighted by Gasteiger charge is 2.07. The van der Waals surface area contributed by atoms with Gasteiger partial charge < -0.3 is 11.1 Å². The number of anilines is 1. The van der Waals surface area contributed by atoms with Crippen molar-refractivity contribution in [3.8, 4) is 0 Å². The fraction of sp³-hybridized carbons (Fsp3) is 0.417. The second kappa shape index (κ2) is 5.39. The van der Waals surface area contributed by atoms with Crippen LogP contribution in [0.2, 0.25) is 0 Å². The summed E-state index contributed by atoms with van der Waals surface area (Å²) in [5, 5.41) is 3.29. The average molecular weight is 206 g/mol. The molecular weight excluding hydrogens is 188 g/mol. The molecule has 1 amide bonds. The number of nitrogens with two attached hydrogens (primary N) is 1. The molecule has 15 heavy (non-hydrogen) atoms. The first-order chi connectivity index (χ1) is 7.13. The highest BCUT2D eigenvalue weighted by atomic mass is 16.1. The molecule has 3 heteroatoms. The summed E-state index contributed by atoms with van der Waals surface area (Å²) in [6, 6.07) is 8.19. The Kier molecular flexibility index (Phi) is 4.16. The molecule has 0 aliphatic carbocycles. The van der Waals surface area contributed by atoms with Crippen LogP contribution in [-0.2, 0) is 11.2 Å². The maximum absolute atomic E-state index is 10.7. The molecule has 1 rings (SSSR count). The second-order valence-corrected chi connectivity index (χ2v) is 3.73. The summed E-state index contributed by atoms with van der Waals surface area (Å²) in [5.41, 5.74) is 7.49. The van der Waals surface area contributed by atoms with E-state index in [-0.39, 0.29) is 11.9 Å². The van der Waals surface area contributed by atoms with Gasteiger partial charge in [0.2, 0.25) is 5.91 Å². The standard InChI is InChI=1S/C12H18N2O/c1-3-10-6-4-5-7-11(10)14-9(2)8-12(13)15/h4-7,9,14H,3,8H2,1-2H3,(H2,13,15). The van der Waals surface area contributed by atoms with E-state index < -0.39 is 0 Å². The van der Waals surface area contributed by atoms with Gasteiger partial charge in [-0.1, -0.05) is 25.1 Å². The van der Waals surface area contributed by atoms with E-state index in [2.05, 4.69) is 18.3 Å². The number of primary amides is 1. The van der Waals surface area contributed by atoms with E-state index in [1.165, 1.54) is 5.56 Å². The number of nitrogens with one attached hydrogen (secondary N) is 1. The number of amides is 1. The molecule has 3 N–H and O–H groups in total. The third kappa shape index (κ3) is 3.62. The lowest BCUT2D eigenvalue weighted by Gasteiger charge is -2.16. The number of hydrogen-bond acceptors (Lipinski definition) is 2. The van der Waals surface area contributed by atoms with Crippen molar-refractivity contribution in [3.63, 3.8) is 0 Å². The minimum atomic E-state index is -0.274. The largest absolute Gasteiger partial charge is 0.382 e. The van der Waals surface area contributed by atoms with Crippen LogP contribution < -0.4 is 11.1 Å². The van der Waals surface area contributed by atoms with Gasteiger partial charge in [0.15, 0.2) is 0 Å². The summed E-state index contributed by atoms with van der Waals surface area (Å²) in [7, 11) is 0. The van der Waals surface area contributed by atoms with Gasteiger partial charge in [-0.2, -0.15) is 0 Å². The molecule has 3 nitrogen and oxygen atoms in total. The molecule has 1 atom stereocenters. The van der Waals surface area contributed by atoms with E-state index in [0.29, 0.717) is 6.42 Å². The third-order valence-electron chi connectivity index (χ3n) is 2.31. The van der Waals surface area contributed by atoms with Crippen molar-refractivity contribution in [1.82, 2.24) is 0 Å². The zero-order chi connectivity index (χ0) is 11.3. The lowest BCUT2D eigenvalue weighted by Crippen LogP contribution is -2.24. The lowest BCUT2D eigenvalue weighted by molar-refractivity contribution is -0.118. The Bertz CT molecular complexity index is 336. The minimum absolute atomic E-state index is 0.0789. The molecule has 0 aliphatic rings. The molecule has 0 saturated carbocycles. The maximum atomic E-state index is 10.7. The van der Waals surface area contributed by atoms with Gasteiger partial charge in [-0.15, -0.1) is 0 Å². The van der Waals surface area contributed by atoms with E-state index in [0.717, 1.165) is 12.1 Å². The van der Waals surface area contributed by atoms with Gasteiger partial charge in [-0.3, -0.25) is 4.79 Å². The minimum Gasteiger partial charge on any atom is -0.382 e. The van der Waals surface area contributed by atoms with Gasteiger partial charge in [-0.25, -0.2) is 0 Å². The molecule has 0 aromatic heterocycles. The van der Waals surface area contributed by atoms with Crippen molar-refractivity contribution in [1.29, 1.82) is 0 Å². The first kappa shape index (κ1) is 11.6. The van der Waals surface area contributed by atoms with Crippen LogP contribution in [0.1, 0.15) is 25.8 Å². The monoisotopic (exact) mass is 206 g/mol. The number of benzene rings is 1. The molecular formula is C12H18N2O. The molecule has 1 aromatic carbocycles. The summed E-state index contributed by atoms with van der Waals surface area (Å²) >= 11 is 0. The van der Waals surface area contributed by atoms with Crippen molar-refractivity contribution in [2.45, 2.75) is 32.7 Å². The fourth-order valence-corrected chi connectivity index (χ4v) is 1.59. The summed E-state index contributed by atoms with van der Waals surface area (Å²) in [6.07, 6.45) is 1.34. The van der Waals surface area contributed by atoms with E-state index >= 15 is 0 Å². The Hall–Kier alpha value is -1.51. The van der Waals surface area contributed by atoms with Crippen LogP contribution in [0, 0.1) is 0 Å². The van der Waals surface area contributed by atoms with Gasteiger partial charge in [0, 0.05) is 18.2 Å². The van der Waals surface area contributed by atoms with Crippen LogP contribution in [0.25, 0.3) is 0 Å². The fourth-order valence-electron chi connectivity index (χ4n) is 1.59. The summed E-state index contributed by atoms with van der Waals surface area (Å²) in [5.74, 6) is -0.274. The van der Waals surface area contributed by atoms with E-state index in [1.807, 2.05) is 25.1 Å². The highest BCUT2D eigenvalue weighted by molar-refractivity contribution is 5.75. The normalized spacial score (nSPS) is 12.1. The number of carbonyl (C=O) groups excluding carboxylic acids is 1. The van der Waals surface area contributed by atoms with Crippen molar-refractivity contribution in [2.75, 3.05) is 5.32 Å². The topological polar surface area (TPSA) is 55.1 Å². The van der Waals surface area contributed by atoms with E-state index in [9.17, 15) is 4.79 Å². The predicted molar refractivity (Wildman–Crippen MR) is 62.7 cm³/mol. The van der Waals surface area contributed by atoms with E-state index in [4.69, 9.17) is 5.73 Å². The van der Waals surface area contributed by atoms with Crippen molar-refractivity contribution in [3.05, 3.63) is 29.8 Å². The molecule has 0 saturated heterocycles. The Morgan fingerprint density at radius 2 is 2.13 bits per heavy atom. The molecule has 0 bridgehead atoms. The second-order valence-electron chi connectivity index (χ2n) is 3.73. The first-order valence-electron chi connectivity index (χ1n) is 5.26. The first-order valence-corrected chi connectivity index (χ1v) is 5.26. The van der Waals surface area contributed by atoms with Crippen LogP contribution in [-0.4, -0.2) is 11.9 Å². The average Bonchev–Trinajstić information content (AvgIpc) is 2.17. The molecule has 0 fully saturated rings. The number of aryl methyl sites for hydroxylation is 1. The summed E-state index contributed by atoms with van der Waals surface area (Å²) in [4.78, 5) is 10.7. The Balaban J connectivity index is 2.67. The molecule has 1 unspecified atom stereocenters. The molecule has 82 valence electrons. The molecule has 0 heterocycles. The predicted octanol–water partition coefficient (Wildman–Crippen LogP) is 1.92. The Morgan fingerprint density at radius 3 is 2.73 bits per heavy atom. The lowest BCUT2D eigenvalue weighted by atomic mass is 10.1. The van der Waals surface area contributed by atoms with Crippen molar-refractivity contribution >= 4 is 11.6 Å². The van der Waals surface area contributed by atoms with Gasteiger partial charge in [-0.05, 0) is 25.0 Å². The Morgan fingerprint density at radius 1 is 1.47 bits per heavy atom. The van der Waals surface area contributed by atoms with Crippen molar-refractivity contribution < 1.29 is 4.79 Å². The quantitative estimate of drug-likeness (QED) is 0.773. The number of para-hydroxylation sites is 1. The molecule has 0 spiro atoms. The summed E-state index contributed by atoms with van der Waals surface area (Å²) in [6.45, 7) is 4.07. The van der Waals surface area contributed by atoms with Crippen LogP contribution in [0.5, 0.6) is 0 Å². The van der Waals surface area contributed by atoms with Gasteiger partial charge in [0.25, 0.3) is 0 Å². The zero-order valence-electron chi connectivity index (χ0n) is 9.29. The molecule has 0 aliphatic heterocycles. The number of hydrogen-bond donors (Lipinski definition) is 2. The molecule has 0 radical (unpaired) electrons. The van der Waals surface area contributed by atoms with Gasteiger partial charge in [0.1, 0.15) is 0 Å². The zero-order valence-corrected chi connectivity index (χ0v) is 9.29.